The number of anilines is 1. The Labute approximate surface area is 198 Å². The fourth-order valence-electron chi connectivity index (χ4n) is 4.71. The van der Waals surface area contributed by atoms with Gasteiger partial charge in [-0.3, -0.25) is 9.59 Å². The molecular weight excluding hydrogens is 430 g/mol. The number of allylic oxidation sites excluding steroid dienone is 1. The van der Waals surface area contributed by atoms with Crippen LogP contribution in [0.2, 0.25) is 0 Å². The van der Waals surface area contributed by atoms with E-state index < -0.39 is 0 Å². The van der Waals surface area contributed by atoms with Gasteiger partial charge in [0, 0.05) is 29.3 Å². The van der Waals surface area contributed by atoms with Crippen LogP contribution >= 0.6 is 0 Å². The molecule has 1 fully saturated rings. The summed E-state index contributed by atoms with van der Waals surface area (Å²) in [4.78, 5) is 24.2. The lowest BCUT2D eigenvalue weighted by molar-refractivity contribution is -0.104. The fourth-order valence-corrected chi connectivity index (χ4v) is 4.71. The number of rotatable bonds is 4. The average molecular weight is 462 g/mol. The fraction of sp³-hybridized carbons (Fsp3) is 0.346. The van der Waals surface area contributed by atoms with Gasteiger partial charge in [0.2, 0.25) is 0 Å². The molecule has 8 heteroatoms. The number of furan rings is 1. The van der Waals surface area contributed by atoms with Crippen LogP contribution in [-0.4, -0.2) is 46.1 Å². The van der Waals surface area contributed by atoms with E-state index in [1.54, 1.807) is 0 Å². The highest BCUT2D eigenvalue weighted by Crippen LogP contribution is 2.39. The quantitative estimate of drug-likeness (QED) is 0.350. The molecule has 0 atom stereocenters. The van der Waals surface area contributed by atoms with Crippen LogP contribution in [0.3, 0.4) is 0 Å². The van der Waals surface area contributed by atoms with Crippen LogP contribution < -0.4 is 11.3 Å². The molecule has 8 nitrogen and oxygen atoms in total. The second kappa shape index (κ2) is 9.69. The zero-order valence-corrected chi connectivity index (χ0v) is 19.9. The van der Waals surface area contributed by atoms with Gasteiger partial charge in [-0.05, 0) is 71.0 Å². The van der Waals surface area contributed by atoms with Crippen molar-refractivity contribution in [1.82, 2.24) is 19.7 Å². The predicted octanol–water partition coefficient (Wildman–Crippen LogP) is 4.05. The Morgan fingerprint density at radius 3 is 2.68 bits per heavy atom. The van der Waals surface area contributed by atoms with Crippen LogP contribution in [0.4, 0.5) is 5.82 Å². The molecule has 4 aromatic rings. The van der Waals surface area contributed by atoms with Crippen molar-refractivity contribution < 1.29 is 9.21 Å². The summed E-state index contributed by atoms with van der Waals surface area (Å²) in [6.07, 6.45) is 6.09. The minimum absolute atomic E-state index is 0.219. The van der Waals surface area contributed by atoms with Gasteiger partial charge in [-0.2, -0.15) is 5.10 Å². The zero-order chi connectivity index (χ0) is 24.4. The number of aldehydes is 1. The van der Waals surface area contributed by atoms with Gasteiger partial charge < -0.3 is 19.6 Å². The number of fused-ring (bicyclic) bond motifs is 2. The average Bonchev–Trinajstić information content (AvgIpc) is 3.36. The smallest absolute Gasteiger partial charge is 0.288 e. The summed E-state index contributed by atoms with van der Waals surface area (Å²) in [6.45, 7) is 10.2. The number of carbonyl (C=O) groups excluding carboxylic acids is 1. The van der Waals surface area contributed by atoms with Crippen molar-refractivity contribution in [3.63, 3.8) is 0 Å². The van der Waals surface area contributed by atoms with E-state index in [1.165, 1.54) is 11.6 Å². The molecule has 0 saturated carbocycles. The van der Waals surface area contributed by atoms with E-state index in [2.05, 4.69) is 53.2 Å². The molecule has 0 amide bonds. The number of nitrogen functional groups attached to an aromatic ring is 1. The maximum Gasteiger partial charge on any atom is 0.288 e. The number of piperidine rings is 1. The van der Waals surface area contributed by atoms with Gasteiger partial charge in [-0.25, -0.2) is 5.10 Å². The first kappa shape index (κ1) is 23.5. The maximum atomic E-state index is 12.8. The van der Waals surface area contributed by atoms with Crippen LogP contribution in [0.25, 0.3) is 33.2 Å². The zero-order valence-electron chi connectivity index (χ0n) is 19.9. The first-order valence-electron chi connectivity index (χ1n) is 11.5. The number of nitrogens with zero attached hydrogens (tertiary/aromatic N) is 3. The molecule has 5 rings (SSSR count). The summed E-state index contributed by atoms with van der Waals surface area (Å²) in [6, 6.07) is 6.16. The lowest BCUT2D eigenvalue weighted by atomic mass is 9.97. The lowest BCUT2D eigenvalue weighted by Gasteiger charge is -2.29. The number of carbonyl (C=O) groups is 1. The molecule has 3 aromatic heterocycles. The first-order chi connectivity index (χ1) is 16.3. The molecule has 1 aromatic carbocycles. The lowest BCUT2D eigenvalue weighted by Crippen LogP contribution is -2.32. The van der Waals surface area contributed by atoms with Gasteiger partial charge >= 0.3 is 0 Å². The van der Waals surface area contributed by atoms with E-state index in [4.69, 9.17) is 14.9 Å². The van der Waals surface area contributed by atoms with Crippen LogP contribution in [-0.2, 0) is 11.3 Å². The van der Waals surface area contributed by atoms with Gasteiger partial charge in [0.25, 0.3) is 5.56 Å². The van der Waals surface area contributed by atoms with E-state index >= 15 is 0 Å². The number of hydrogen-bond donors (Lipinski definition) is 2. The van der Waals surface area contributed by atoms with Crippen molar-refractivity contribution in [2.24, 2.45) is 5.92 Å². The standard InChI is InChI=1S/C23H27N5O2.C3H4O/c1-13-4-5-18-16(10-13)14(2)21(30-18)17-12-28(11-15-6-8-27(3)9-7-15)20-19(17)22(24)25-26-23(20)29;1-2-3-4/h4-5,10,12,15H,6-9,11H2,1-3H3,(H2,24,25)(H,26,29);2-3H,1H2. The summed E-state index contributed by atoms with van der Waals surface area (Å²) >= 11 is 0. The number of benzene rings is 1. The molecule has 1 aliphatic rings. The van der Waals surface area contributed by atoms with Gasteiger partial charge in [-0.15, -0.1) is 0 Å². The highest BCUT2D eigenvalue weighted by Gasteiger charge is 2.24. The Kier molecular flexibility index (Phi) is 6.70. The summed E-state index contributed by atoms with van der Waals surface area (Å²) in [5.74, 6) is 1.59. The van der Waals surface area contributed by atoms with Crippen molar-refractivity contribution in [3.8, 4) is 11.3 Å². The van der Waals surface area contributed by atoms with Crippen LogP contribution in [0, 0.1) is 19.8 Å². The maximum absolute atomic E-state index is 12.8. The summed E-state index contributed by atoms with van der Waals surface area (Å²) in [5, 5.41) is 8.34. The molecule has 34 heavy (non-hydrogen) atoms. The summed E-state index contributed by atoms with van der Waals surface area (Å²) < 4.78 is 8.30. The first-order valence-corrected chi connectivity index (χ1v) is 11.5. The number of aromatic amines is 1. The number of hydrogen-bond acceptors (Lipinski definition) is 6. The van der Waals surface area contributed by atoms with Crippen LogP contribution in [0.5, 0.6) is 0 Å². The van der Waals surface area contributed by atoms with Crippen molar-refractivity contribution >= 4 is 34.0 Å². The molecule has 0 radical (unpaired) electrons. The molecule has 3 N–H and O–H groups in total. The minimum Gasteiger partial charge on any atom is -0.456 e. The topological polar surface area (TPSA) is 110 Å². The monoisotopic (exact) mass is 461 g/mol. The second-order valence-electron chi connectivity index (χ2n) is 9.03. The number of likely N-dealkylation sites (tertiary alicyclic amines) is 1. The highest BCUT2D eigenvalue weighted by atomic mass is 16.3. The second-order valence-corrected chi connectivity index (χ2v) is 9.03. The Hall–Kier alpha value is -3.65. The predicted molar refractivity (Wildman–Crippen MR) is 136 cm³/mol. The third-order valence-electron chi connectivity index (χ3n) is 6.55. The molecule has 1 aliphatic heterocycles. The van der Waals surface area contributed by atoms with Crippen LogP contribution in [0.15, 0.2) is 46.3 Å². The SMILES string of the molecule is C=CC=O.Cc1ccc2oc(-c3cn(CC4CCN(C)CC4)c4c(=O)[nH]nc(N)c34)c(C)c2c1. The van der Waals surface area contributed by atoms with Crippen molar-refractivity contribution in [1.29, 1.82) is 0 Å². The van der Waals surface area contributed by atoms with Crippen molar-refractivity contribution in [2.45, 2.75) is 33.2 Å². The Balaban J connectivity index is 0.000000636. The van der Waals surface area contributed by atoms with E-state index in [0.717, 1.165) is 60.3 Å². The number of aryl methyl sites for hydroxylation is 2. The number of nitrogens with one attached hydrogen (secondary N) is 1. The molecule has 178 valence electrons. The Morgan fingerprint density at radius 1 is 1.29 bits per heavy atom. The Bertz CT molecular complexity index is 1400. The molecular formula is C26H31N5O3. The minimum atomic E-state index is -0.219. The highest BCUT2D eigenvalue weighted by molar-refractivity contribution is 6.03. The summed E-state index contributed by atoms with van der Waals surface area (Å²) in [7, 11) is 2.16. The van der Waals surface area contributed by atoms with E-state index in [1.807, 2.05) is 18.3 Å². The summed E-state index contributed by atoms with van der Waals surface area (Å²) in [5.41, 5.74) is 10.5. The van der Waals surface area contributed by atoms with Gasteiger partial charge in [0.1, 0.15) is 23.1 Å². The normalized spacial score (nSPS) is 14.8. The molecule has 0 aliphatic carbocycles. The van der Waals surface area contributed by atoms with Gasteiger partial charge in [0.15, 0.2) is 5.82 Å². The largest absolute Gasteiger partial charge is 0.456 e. The van der Waals surface area contributed by atoms with Crippen molar-refractivity contribution in [2.75, 3.05) is 25.9 Å². The number of aromatic nitrogens is 3. The molecule has 1 saturated heterocycles. The molecule has 0 spiro atoms. The van der Waals surface area contributed by atoms with Gasteiger partial charge in [0.05, 0.1) is 5.39 Å². The third-order valence-corrected chi connectivity index (χ3v) is 6.55. The van der Waals surface area contributed by atoms with Gasteiger partial charge in [-0.1, -0.05) is 18.2 Å². The molecule has 0 unspecified atom stereocenters. The van der Waals surface area contributed by atoms with E-state index in [-0.39, 0.29) is 5.56 Å². The molecule has 0 bridgehead atoms. The Morgan fingerprint density at radius 2 is 2.00 bits per heavy atom. The van der Waals surface area contributed by atoms with E-state index in [9.17, 15) is 4.79 Å². The molecule has 4 heterocycles. The number of H-pyrrole nitrogens is 1. The van der Waals surface area contributed by atoms with Crippen LogP contribution in [0.1, 0.15) is 24.0 Å². The third kappa shape index (κ3) is 4.41. The number of nitrogens with two attached hydrogens (primary N) is 1. The van der Waals surface area contributed by atoms with E-state index in [0.29, 0.717) is 28.9 Å². The van der Waals surface area contributed by atoms with Crippen molar-refractivity contribution in [3.05, 3.63) is 58.5 Å².